The Morgan fingerprint density at radius 1 is 1.00 bits per heavy atom. The van der Waals surface area contributed by atoms with Crippen LogP contribution in [-0.2, 0) is 0 Å². The molecule has 150 valence electrons. The van der Waals surface area contributed by atoms with Gasteiger partial charge in [-0.3, -0.25) is 14.7 Å². The normalized spacial score (nSPS) is 10.9. The molecular formula is C19H11Cl2N5O4. The Balaban J connectivity index is 1.62. The highest BCUT2D eigenvalue weighted by molar-refractivity contribution is 6.40. The van der Waals surface area contributed by atoms with Gasteiger partial charge in [-0.1, -0.05) is 29.3 Å². The maximum absolute atomic E-state index is 12.6. The van der Waals surface area contributed by atoms with Crippen LogP contribution in [-0.4, -0.2) is 36.7 Å². The molecule has 4 aromatic rings. The molecule has 2 aromatic carbocycles. The number of benzene rings is 2. The minimum absolute atomic E-state index is 0.0338. The SMILES string of the molecule is O=C(Nc1cccc(-n2[nH]c(C(=O)O)cc2=O)c1)c1ccc2nc(Cl)c(Cl)nc2c1. The highest BCUT2D eigenvalue weighted by Crippen LogP contribution is 2.22. The Morgan fingerprint density at radius 2 is 1.73 bits per heavy atom. The largest absolute Gasteiger partial charge is 0.477 e. The van der Waals surface area contributed by atoms with Crippen LogP contribution in [0.3, 0.4) is 0 Å². The van der Waals surface area contributed by atoms with E-state index in [-0.39, 0.29) is 16.0 Å². The van der Waals surface area contributed by atoms with Gasteiger partial charge in [0.05, 0.1) is 16.7 Å². The smallest absolute Gasteiger partial charge is 0.353 e. The Bertz CT molecular complexity index is 1380. The molecule has 0 aliphatic rings. The molecule has 0 aliphatic heterocycles. The Kier molecular flexibility index (Phi) is 4.98. The van der Waals surface area contributed by atoms with E-state index in [9.17, 15) is 14.4 Å². The number of rotatable bonds is 4. The number of hydrogen-bond donors (Lipinski definition) is 3. The summed E-state index contributed by atoms with van der Waals surface area (Å²) in [6.07, 6.45) is 0. The van der Waals surface area contributed by atoms with Gasteiger partial charge in [-0.15, -0.1) is 0 Å². The van der Waals surface area contributed by atoms with Crippen molar-refractivity contribution in [2.45, 2.75) is 0 Å². The van der Waals surface area contributed by atoms with Crippen LogP contribution in [0.5, 0.6) is 0 Å². The first-order valence-electron chi connectivity index (χ1n) is 8.42. The summed E-state index contributed by atoms with van der Waals surface area (Å²) in [5, 5.41) is 14.3. The average Bonchev–Trinajstić information content (AvgIpc) is 3.11. The lowest BCUT2D eigenvalue weighted by atomic mass is 10.1. The van der Waals surface area contributed by atoms with E-state index in [1.54, 1.807) is 30.3 Å². The van der Waals surface area contributed by atoms with Gasteiger partial charge in [0.25, 0.3) is 11.5 Å². The number of nitrogens with one attached hydrogen (secondary N) is 2. The number of aromatic nitrogens is 4. The van der Waals surface area contributed by atoms with Crippen LogP contribution < -0.4 is 10.9 Å². The molecule has 1 amide bonds. The summed E-state index contributed by atoms with van der Waals surface area (Å²) >= 11 is 11.7. The average molecular weight is 444 g/mol. The van der Waals surface area contributed by atoms with E-state index in [0.717, 1.165) is 10.7 Å². The van der Waals surface area contributed by atoms with Crippen molar-refractivity contribution < 1.29 is 14.7 Å². The van der Waals surface area contributed by atoms with Crippen molar-refractivity contribution in [3.8, 4) is 5.69 Å². The van der Waals surface area contributed by atoms with Gasteiger partial charge in [-0.2, -0.15) is 0 Å². The summed E-state index contributed by atoms with van der Waals surface area (Å²) in [5.41, 5.74) is 1.18. The number of carbonyl (C=O) groups excluding carboxylic acids is 1. The summed E-state index contributed by atoms with van der Waals surface area (Å²) in [6.45, 7) is 0. The van der Waals surface area contributed by atoms with Crippen LogP contribution in [0, 0.1) is 0 Å². The molecule has 0 saturated heterocycles. The van der Waals surface area contributed by atoms with Crippen molar-refractivity contribution in [1.82, 2.24) is 19.7 Å². The first kappa shape index (κ1) is 19.6. The third kappa shape index (κ3) is 3.76. The van der Waals surface area contributed by atoms with E-state index in [4.69, 9.17) is 28.3 Å². The third-order valence-electron chi connectivity index (χ3n) is 4.16. The Morgan fingerprint density at radius 3 is 2.43 bits per heavy atom. The number of aromatic amines is 1. The maximum atomic E-state index is 12.6. The monoisotopic (exact) mass is 443 g/mol. The molecule has 4 rings (SSSR count). The number of fused-ring (bicyclic) bond motifs is 1. The number of carbonyl (C=O) groups is 2. The lowest BCUT2D eigenvalue weighted by Gasteiger charge is -2.08. The number of aromatic carboxylic acids is 1. The second-order valence-electron chi connectivity index (χ2n) is 6.16. The van der Waals surface area contributed by atoms with Crippen LogP contribution in [0.15, 0.2) is 53.3 Å². The van der Waals surface area contributed by atoms with Crippen LogP contribution in [0.4, 0.5) is 5.69 Å². The van der Waals surface area contributed by atoms with Crippen LogP contribution >= 0.6 is 23.2 Å². The number of halogens is 2. The molecule has 0 fully saturated rings. The number of amides is 1. The zero-order chi connectivity index (χ0) is 21.4. The molecule has 0 atom stereocenters. The van der Waals surface area contributed by atoms with Gasteiger partial charge in [0.2, 0.25) is 0 Å². The van der Waals surface area contributed by atoms with Gasteiger partial charge >= 0.3 is 5.97 Å². The van der Waals surface area contributed by atoms with Crippen molar-refractivity contribution in [2.24, 2.45) is 0 Å². The molecule has 3 N–H and O–H groups in total. The fourth-order valence-electron chi connectivity index (χ4n) is 2.78. The number of carboxylic acids is 1. The van der Waals surface area contributed by atoms with Gasteiger partial charge in [-0.05, 0) is 36.4 Å². The summed E-state index contributed by atoms with van der Waals surface area (Å²) in [5.74, 6) is -1.68. The maximum Gasteiger partial charge on any atom is 0.353 e. The minimum atomic E-state index is -1.25. The summed E-state index contributed by atoms with van der Waals surface area (Å²) < 4.78 is 1.07. The molecule has 0 aliphatic carbocycles. The lowest BCUT2D eigenvalue weighted by molar-refractivity contribution is 0.0689. The fraction of sp³-hybridized carbons (Fsp3) is 0. The predicted molar refractivity (Wildman–Crippen MR) is 111 cm³/mol. The van der Waals surface area contributed by atoms with Crippen molar-refractivity contribution in [3.05, 3.63) is 80.4 Å². The lowest BCUT2D eigenvalue weighted by Crippen LogP contribution is -2.15. The first-order valence-corrected chi connectivity index (χ1v) is 9.17. The quantitative estimate of drug-likeness (QED) is 0.443. The molecule has 30 heavy (non-hydrogen) atoms. The highest BCUT2D eigenvalue weighted by Gasteiger charge is 2.13. The van der Waals surface area contributed by atoms with Crippen LogP contribution in [0.25, 0.3) is 16.7 Å². The summed E-state index contributed by atoms with van der Waals surface area (Å²) in [6, 6.07) is 12.0. The molecule has 9 nitrogen and oxygen atoms in total. The predicted octanol–water partition coefficient (Wildman–Crippen LogP) is 3.37. The van der Waals surface area contributed by atoms with Gasteiger partial charge in [-0.25, -0.2) is 19.4 Å². The standard InChI is InChI=1S/C19H11Cl2N5O4/c20-16-17(21)24-13-6-9(4-5-12(13)23-16)18(28)22-10-2-1-3-11(7-10)26-15(27)8-14(25-26)19(29)30/h1-8,25H,(H,22,28)(H,29,30). The van der Waals surface area contributed by atoms with E-state index in [2.05, 4.69) is 20.4 Å². The second-order valence-corrected chi connectivity index (χ2v) is 6.88. The van der Waals surface area contributed by atoms with Crippen molar-refractivity contribution in [1.29, 1.82) is 0 Å². The van der Waals surface area contributed by atoms with E-state index < -0.39 is 17.4 Å². The van der Waals surface area contributed by atoms with Crippen LogP contribution in [0.2, 0.25) is 10.3 Å². The Labute approximate surface area is 177 Å². The molecular weight excluding hydrogens is 433 g/mol. The van der Waals surface area contributed by atoms with Crippen molar-refractivity contribution in [3.63, 3.8) is 0 Å². The second kappa shape index (κ2) is 7.62. The molecule has 0 saturated carbocycles. The van der Waals surface area contributed by atoms with E-state index in [0.29, 0.717) is 28.0 Å². The zero-order valence-corrected chi connectivity index (χ0v) is 16.4. The molecule has 0 unspecified atom stereocenters. The van der Waals surface area contributed by atoms with Gasteiger partial charge < -0.3 is 10.4 Å². The van der Waals surface area contributed by atoms with Gasteiger partial charge in [0, 0.05) is 17.3 Å². The fourth-order valence-corrected chi connectivity index (χ4v) is 3.04. The third-order valence-corrected chi connectivity index (χ3v) is 4.78. The van der Waals surface area contributed by atoms with Crippen molar-refractivity contribution in [2.75, 3.05) is 5.32 Å². The van der Waals surface area contributed by atoms with Crippen LogP contribution in [0.1, 0.15) is 20.8 Å². The minimum Gasteiger partial charge on any atom is -0.477 e. The summed E-state index contributed by atoms with van der Waals surface area (Å²) in [7, 11) is 0. The van der Waals surface area contributed by atoms with E-state index in [1.807, 2.05) is 0 Å². The number of H-pyrrole nitrogens is 1. The van der Waals surface area contributed by atoms with Gasteiger partial charge in [0.15, 0.2) is 10.3 Å². The molecule has 2 heterocycles. The highest BCUT2D eigenvalue weighted by atomic mass is 35.5. The number of hydrogen-bond acceptors (Lipinski definition) is 5. The van der Waals surface area contributed by atoms with E-state index in [1.165, 1.54) is 12.1 Å². The molecule has 11 heteroatoms. The topological polar surface area (TPSA) is 130 Å². The molecule has 0 radical (unpaired) electrons. The van der Waals surface area contributed by atoms with E-state index >= 15 is 0 Å². The molecule has 0 spiro atoms. The molecule has 2 aromatic heterocycles. The van der Waals surface area contributed by atoms with Gasteiger partial charge in [0.1, 0.15) is 5.69 Å². The number of anilines is 1. The number of carboxylic acid groups (broad SMARTS) is 1. The summed E-state index contributed by atoms with van der Waals surface area (Å²) in [4.78, 5) is 43.9. The van der Waals surface area contributed by atoms with Crippen molar-refractivity contribution >= 4 is 51.8 Å². The number of nitrogens with zero attached hydrogens (tertiary/aromatic N) is 3. The zero-order valence-electron chi connectivity index (χ0n) is 14.9. The molecule has 0 bridgehead atoms. The first-order chi connectivity index (χ1) is 14.3. The Hall–Kier alpha value is -3.69.